The Hall–Kier alpha value is -0.810. The predicted molar refractivity (Wildman–Crippen MR) is 197 cm³/mol. The number of likely N-dealkylation sites (N-methyl/N-ethyl adjacent to an activating group) is 2. The number of hydrogen-bond acceptors (Lipinski definition) is 13. The Morgan fingerprint density at radius 2 is 1.56 bits per heavy atom. The molecule has 3 heterocycles. The first-order valence-corrected chi connectivity index (χ1v) is 19.5. The SMILES string of the molecule is CC[C@H]1CC(=O)[C@H](C)[C@@H](OC2CC(C)(OC)C(O)C(C)O2)[C@H](C)[C@@H](OC2OC(C)CC(N(C)C)C2O)[C@](C)(O)C[C@@H](C)CN(C)C(C)[C@@H](O)[C@]1(C)O. The molecule has 52 heavy (non-hydrogen) atoms. The summed E-state index contributed by atoms with van der Waals surface area (Å²) in [5.41, 5.74) is -4.08. The topological polar surface area (TPSA) is 171 Å². The molecule has 3 aliphatic heterocycles. The molecule has 3 saturated heterocycles. The minimum absolute atomic E-state index is 0.0219. The second kappa shape index (κ2) is 18.0. The number of Topliss-reactive ketones (excluding diaryl/α,β-unsaturated/α-hetero) is 1. The summed E-state index contributed by atoms with van der Waals surface area (Å²) < 4.78 is 31.7. The number of hydrogen-bond donors (Lipinski definition) is 5. The first kappa shape index (κ1) is 45.6. The van der Waals surface area contributed by atoms with Gasteiger partial charge in [0, 0.05) is 50.4 Å². The van der Waals surface area contributed by atoms with Crippen LogP contribution in [-0.4, -0.2) is 160 Å². The van der Waals surface area contributed by atoms with Crippen LogP contribution in [-0.2, 0) is 28.5 Å². The summed E-state index contributed by atoms with van der Waals surface area (Å²) >= 11 is 0. The largest absolute Gasteiger partial charge is 0.388 e. The van der Waals surface area contributed by atoms with Gasteiger partial charge in [0.05, 0.1) is 47.3 Å². The Balaban J connectivity index is 2.17. The van der Waals surface area contributed by atoms with Gasteiger partial charge in [-0.05, 0) is 87.4 Å². The molecule has 0 spiro atoms. The van der Waals surface area contributed by atoms with E-state index in [0.717, 1.165) is 0 Å². The predicted octanol–water partition coefficient (Wildman–Crippen LogP) is 2.56. The third-order valence-electron chi connectivity index (χ3n) is 12.8. The third kappa shape index (κ3) is 10.1. The van der Waals surface area contributed by atoms with Crippen LogP contribution in [0.4, 0.5) is 0 Å². The van der Waals surface area contributed by atoms with Crippen molar-refractivity contribution in [3.05, 3.63) is 0 Å². The second-order valence-corrected chi connectivity index (χ2v) is 17.6. The maximum absolute atomic E-state index is 14.4. The number of carbonyl (C=O) groups excluding carboxylic acids is 1. The van der Waals surface area contributed by atoms with Crippen molar-refractivity contribution in [2.45, 2.75) is 186 Å². The Bertz CT molecular complexity index is 1140. The lowest BCUT2D eigenvalue weighted by Crippen LogP contribution is -2.60. The molecular formula is C39H74N2O11. The molecular weight excluding hydrogens is 672 g/mol. The van der Waals surface area contributed by atoms with E-state index in [0.29, 0.717) is 19.4 Å². The van der Waals surface area contributed by atoms with Crippen LogP contribution in [0.3, 0.4) is 0 Å². The van der Waals surface area contributed by atoms with E-state index in [-0.39, 0.29) is 43.1 Å². The zero-order valence-electron chi connectivity index (χ0n) is 34.5. The van der Waals surface area contributed by atoms with Crippen molar-refractivity contribution in [1.29, 1.82) is 0 Å². The number of ether oxygens (including phenoxy) is 5. The molecule has 0 aliphatic carbocycles. The number of carbonyl (C=O) groups is 1. The van der Waals surface area contributed by atoms with E-state index in [9.17, 15) is 30.3 Å². The molecule has 3 aliphatic rings. The normalized spacial score (nSPS) is 49.8. The lowest BCUT2D eigenvalue weighted by atomic mass is 9.74. The summed E-state index contributed by atoms with van der Waals surface area (Å²) in [7, 11) is 7.21. The molecule has 0 saturated carbocycles. The van der Waals surface area contributed by atoms with Crippen molar-refractivity contribution in [2.24, 2.45) is 23.7 Å². The van der Waals surface area contributed by atoms with E-state index >= 15 is 0 Å². The highest BCUT2D eigenvalue weighted by Gasteiger charge is 2.52. The number of ketones is 1. The first-order valence-electron chi connectivity index (χ1n) is 19.5. The molecule has 0 aromatic carbocycles. The van der Waals surface area contributed by atoms with Gasteiger partial charge in [0.1, 0.15) is 18.0 Å². The lowest BCUT2D eigenvalue weighted by molar-refractivity contribution is -0.317. The maximum Gasteiger partial charge on any atom is 0.185 e. The monoisotopic (exact) mass is 747 g/mol. The Morgan fingerprint density at radius 3 is 2.12 bits per heavy atom. The highest BCUT2D eigenvalue weighted by atomic mass is 16.7. The highest BCUT2D eigenvalue weighted by Crippen LogP contribution is 2.41. The van der Waals surface area contributed by atoms with Gasteiger partial charge < -0.3 is 59.0 Å². The van der Waals surface area contributed by atoms with Crippen molar-refractivity contribution >= 4 is 5.78 Å². The molecule has 306 valence electrons. The van der Waals surface area contributed by atoms with Gasteiger partial charge in [-0.1, -0.05) is 34.1 Å². The number of rotatable bonds is 7. The second-order valence-electron chi connectivity index (χ2n) is 17.6. The molecule has 5 N–H and O–H groups in total. The molecule has 0 aromatic rings. The van der Waals surface area contributed by atoms with E-state index in [1.165, 1.54) is 7.11 Å². The van der Waals surface area contributed by atoms with E-state index < -0.39 is 89.8 Å². The van der Waals surface area contributed by atoms with Crippen LogP contribution in [0, 0.1) is 23.7 Å². The fraction of sp³-hybridized carbons (Fsp3) is 0.974. The van der Waals surface area contributed by atoms with Crippen molar-refractivity contribution in [3.63, 3.8) is 0 Å². The molecule has 3 rings (SSSR count). The molecule has 0 radical (unpaired) electrons. The summed E-state index contributed by atoms with van der Waals surface area (Å²) in [4.78, 5) is 18.3. The van der Waals surface area contributed by atoms with Crippen molar-refractivity contribution in [3.8, 4) is 0 Å². The zero-order valence-corrected chi connectivity index (χ0v) is 34.5. The summed E-state index contributed by atoms with van der Waals surface area (Å²) in [5.74, 6) is -2.31. The molecule has 9 unspecified atom stereocenters. The molecule has 0 amide bonds. The summed E-state index contributed by atoms with van der Waals surface area (Å²) in [6, 6.07) is -0.708. The van der Waals surface area contributed by atoms with Gasteiger partial charge in [0.15, 0.2) is 12.6 Å². The van der Waals surface area contributed by atoms with Gasteiger partial charge in [-0.3, -0.25) is 4.79 Å². The average Bonchev–Trinajstić information content (AvgIpc) is 3.05. The van der Waals surface area contributed by atoms with Gasteiger partial charge in [0.2, 0.25) is 0 Å². The summed E-state index contributed by atoms with van der Waals surface area (Å²) in [5, 5.41) is 58.4. The van der Waals surface area contributed by atoms with Crippen LogP contribution < -0.4 is 0 Å². The van der Waals surface area contributed by atoms with Gasteiger partial charge in [0.25, 0.3) is 0 Å². The Kier molecular flexibility index (Phi) is 15.8. The number of aliphatic hydroxyl groups excluding tert-OH is 3. The minimum Gasteiger partial charge on any atom is -0.388 e. The number of methoxy groups -OCH3 is 1. The average molecular weight is 747 g/mol. The molecule has 0 bridgehead atoms. The van der Waals surface area contributed by atoms with Crippen LogP contribution in [0.5, 0.6) is 0 Å². The van der Waals surface area contributed by atoms with E-state index in [4.69, 9.17) is 23.7 Å². The van der Waals surface area contributed by atoms with Crippen LogP contribution in [0.2, 0.25) is 0 Å². The van der Waals surface area contributed by atoms with Crippen LogP contribution in [0.15, 0.2) is 0 Å². The minimum atomic E-state index is -1.58. The quantitative estimate of drug-likeness (QED) is 0.258. The zero-order chi connectivity index (χ0) is 39.7. The fourth-order valence-electron chi connectivity index (χ4n) is 9.17. The first-order chi connectivity index (χ1) is 23.9. The Morgan fingerprint density at radius 1 is 0.942 bits per heavy atom. The van der Waals surface area contributed by atoms with Gasteiger partial charge in [-0.15, -0.1) is 0 Å². The van der Waals surface area contributed by atoms with E-state index in [1.807, 2.05) is 65.6 Å². The smallest absolute Gasteiger partial charge is 0.185 e. The maximum atomic E-state index is 14.4. The van der Waals surface area contributed by atoms with Crippen LogP contribution in [0.25, 0.3) is 0 Å². The third-order valence-corrected chi connectivity index (χ3v) is 12.8. The lowest BCUT2D eigenvalue weighted by Gasteiger charge is -2.49. The van der Waals surface area contributed by atoms with Gasteiger partial charge >= 0.3 is 0 Å². The van der Waals surface area contributed by atoms with Crippen molar-refractivity contribution in [2.75, 3.05) is 34.8 Å². The van der Waals surface area contributed by atoms with Gasteiger partial charge in [-0.2, -0.15) is 0 Å². The van der Waals surface area contributed by atoms with E-state index in [1.54, 1.807) is 34.6 Å². The van der Waals surface area contributed by atoms with Crippen LogP contribution >= 0.6 is 0 Å². The van der Waals surface area contributed by atoms with Gasteiger partial charge in [-0.25, -0.2) is 0 Å². The fourth-order valence-corrected chi connectivity index (χ4v) is 9.17. The molecule has 13 heteroatoms. The number of aliphatic hydroxyl groups is 5. The van der Waals surface area contributed by atoms with Crippen LogP contribution in [0.1, 0.15) is 101 Å². The van der Waals surface area contributed by atoms with E-state index in [2.05, 4.69) is 0 Å². The molecule has 13 nitrogen and oxygen atoms in total. The highest BCUT2D eigenvalue weighted by molar-refractivity contribution is 5.81. The Labute approximate surface area is 313 Å². The standard InChI is InChI=1S/C39H74N2O11/c1-15-27-17-29(42)23(4)32(51-30-19-38(9,48-14)34(45)26(7)50-30)24(5)35(52-36-31(43)28(40(11)12)16-22(3)49-36)37(8,46)18-21(2)20-41(13)25(6)33(44)39(27,10)47/h21-28,30-36,43-47H,15-20H2,1-14H3/t21-,22?,23+,24+,25?,26?,27+,28?,30?,31?,32-,33-,34?,35-,36?,37-,38?,39-/m1/s1. The summed E-state index contributed by atoms with van der Waals surface area (Å²) in [6.07, 6.45) is -6.35. The summed E-state index contributed by atoms with van der Waals surface area (Å²) in [6.45, 7) is 18.7. The van der Waals surface area contributed by atoms with Crippen molar-refractivity contribution in [1.82, 2.24) is 9.80 Å². The molecule has 18 atom stereocenters. The molecule has 0 aromatic heterocycles. The number of nitrogens with zero attached hydrogens (tertiary/aromatic N) is 2. The molecule has 3 fully saturated rings. The van der Waals surface area contributed by atoms with Crippen molar-refractivity contribution < 1.29 is 54.0 Å².